The van der Waals surface area contributed by atoms with Crippen molar-refractivity contribution < 1.29 is 9.90 Å². The van der Waals surface area contributed by atoms with Crippen LogP contribution in [0.5, 0.6) is 0 Å². The number of nitrogens with one attached hydrogen (secondary N) is 1. The van der Waals surface area contributed by atoms with Crippen molar-refractivity contribution in [2.45, 2.75) is 39.2 Å². The van der Waals surface area contributed by atoms with Crippen LogP contribution in [0.15, 0.2) is 18.2 Å². The fraction of sp³-hybridized carbons (Fsp3) is 0.500. The van der Waals surface area contributed by atoms with Gasteiger partial charge in [-0.05, 0) is 50.5 Å². The van der Waals surface area contributed by atoms with E-state index in [1.165, 1.54) is 0 Å². The highest BCUT2D eigenvalue weighted by molar-refractivity contribution is 5.96. The molecule has 1 amide bonds. The van der Waals surface area contributed by atoms with Gasteiger partial charge < -0.3 is 16.2 Å². The molecule has 0 spiro atoms. The SMILES string of the molecule is CCC(C)(CCO)NC(=O)c1ccc(N)cc1C. The van der Waals surface area contributed by atoms with E-state index < -0.39 is 0 Å². The molecule has 1 aromatic rings. The zero-order valence-corrected chi connectivity index (χ0v) is 11.3. The largest absolute Gasteiger partial charge is 0.399 e. The van der Waals surface area contributed by atoms with Crippen molar-refractivity contribution in [1.82, 2.24) is 5.32 Å². The van der Waals surface area contributed by atoms with Crippen LogP contribution in [0, 0.1) is 6.92 Å². The second-order valence-corrected chi connectivity index (χ2v) is 4.92. The number of nitrogen functional groups attached to an aromatic ring is 1. The second-order valence-electron chi connectivity index (χ2n) is 4.92. The topological polar surface area (TPSA) is 75.3 Å². The summed E-state index contributed by atoms with van der Waals surface area (Å²) >= 11 is 0. The quantitative estimate of drug-likeness (QED) is 0.698. The molecule has 4 heteroatoms. The van der Waals surface area contributed by atoms with Crippen molar-refractivity contribution in [3.8, 4) is 0 Å². The molecule has 0 radical (unpaired) electrons. The number of aliphatic hydroxyl groups is 1. The highest BCUT2D eigenvalue weighted by atomic mass is 16.3. The first-order valence-electron chi connectivity index (χ1n) is 6.21. The summed E-state index contributed by atoms with van der Waals surface area (Å²) in [6.07, 6.45) is 1.32. The number of carbonyl (C=O) groups excluding carboxylic acids is 1. The summed E-state index contributed by atoms with van der Waals surface area (Å²) in [5.74, 6) is -0.120. The number of carbonyl (C=O) groups is 1. The standard InChI is InChI=1S/C14H22N2O2/c1-4-14(3,7-8-17)16-13(18)12-6-5-11(15)9-10(12)2/h5-6,9,17H,4,7-8,15H2,1-3H3,(H,16,18). The molecule has 0 aliphatic carbocycles. The third-order valence-electron chi connectivity index (χ3n) is 3.35. The Hall–Kier alpha value is -1.55. The molecule has 0 saturated heterocycles. The van der Waals surface area contributed by atoms with E-state index in [0.29, 0.717) is 17.7 Å². The molecule has 1 rings (SSSR count). The number of benzene rings is 1. The summed E-state index contributed by atoms with van der Waals surface area (Å²) < 4.78 is 0. The van der Waals surface area contributed by atoms with E-state index in [1.807, 2.05) is 20.8 Å². The molecule has 100 valence electrons. The van der Waals surface area contributed by atoms with Crippen LogP contribution >= 0.6 is 0 Å². The molecule has 4 nitrogen and oxygen atoms in total. The Morgan fingerprint density at radius 2 is 2.17 bits per heavy atom. The third-order valence-corrected chi connectivity index (χ3v) is 3.35. The van der Waals surface area contributed by atoms with Crippen molar-refractivity contribution in [3.05, 3.63) is 29.3 Å². The zero-order chi connectivity index (χ0) is 13.8. The molecule has 1 aromatic carbocycles. The minimum atomic E-state index is -0.375. The van der Waals surface area contributed by atoms with E-state index in [0.717, 1.165) is 12.0 Å². The van der Waals surface area contributed by atoms with Gasteiger partial charge in [0.1, 0.15) is 0 Å². The summed E-state index contributed by atoms with van der Waals surface area (Å²) in [4.78, 5) is 12.2. The van der Waals surface area contributed by atoms with Gasteiger partial charge in [-0.15, -0.1) is 0 Å². The van der Waals surface area contributed by atoms with E-state index in [9.17, 15) is 4.79 Å². The Labute approximate surface area is 108 Å². The van der Waals surface area contributed by atoms with Crippen LogP contribution < -0.4 is 11.1 Å². The number of hydrogen-bond acceptors (Lipinski definition) is 3. The first kappa shape index (κ1) is 14.5. The lowest BCUT2D eigenvalue weighted by Gasteiger charge is -2.29. The van der Waals surface area contributed by atoms with E-state index >= 15 is 0 Å². The molecular formula is C14H22N2O2. The van der Waals surface area contributed by atoms with Gasteiger partial charge in [-0.1, -0.05) is 6.92 Å². The minimum absolute atomic E-state index is 0.0609. The number of aryl methyl sites for hydroxylation is 1. The number of anilines is 1. The van der Waals surface area contributed by atoms with Crippen molar-refractivity contribution in [3.63, 3.8) is 0 Å². The summed E-state index contributed by atoms with van der Waals surface area (Å²) in [5, 5.41) is 12.0. The molecule has 18 heavy (non-hydrogen) atoms. The zero-order valence-electron chi connectivity index (χ0n) is 11.3. The van der Waals surface area contributed by atoms with Gasteiger partial charge in [0.05, 0.1) is 0 Å². The molecule has 0 bridgehead atoms. The van der Waals surface area contributed by atoms with Crippen LogP contribution in [-0.2, 0) is 0 Å². The highest BCUT2D eigenvalue weighted by Gasteiger charge is 2.24. The average molecular weight is 250 g/mol. The monoisotopic (exact) mass is 250 g/mol. The minimum Gasteiger partial charge on any atom is -0.399 e. The predicted molar refractivity (Wildman–Crippen MR) is 73.5 cm³/mol. The second kappa shape index (κ2) is 5.87. The van der Waals surface area contributed by atoms with Crippen molar-refractivity contribution in [2.75, 3.05) is 12.3 Å². The Morgan fingerprint density at radius 3 is 2.67 bits per heavy atom. The van der Waals surface area contributed by atoms with Crippen molar-refractivity contribution in [1.29, 1.82) is 0 Å². The first-order valence-corrected chi connectivity index (χ1v) is 6.21. The van der Waals surface area contributed by atoms with Crippen molar-refractivity contribution in [2.24, 2.45) is 0 Å². The first-order chi connectivity index (χ1) is 8.41. The molecule has 0 aliphatic heterocycles. The van der Waals surface area contributed by atoms with Crippen LogP contribution in [0.4, 0.5) is 5.69 Å². The van der Waals surface area contributed by atoms with Gasteiger partial charge in [0.15, 0.2) is 0 Å². The molecule has 1 unspecified atom stereocenters. The maximum absolute atomic E-state index is 12.2. The molecule has 0 heterocycles. The normalized spacial score (nSPS) is 14.0. The Morgan fingerprint density at radius 1 is 1.50 bits per heavy atom. The molecular weight excluding hydrogens is 228 g/mol. The molecule has 0 aliphatic rings. The summed E-state index contributed by atoms with van der Waals surface area (Å²) in [6.45, 7) is 5.85. The average Bonchev–Trinajstić information content (AvgIpc) is 2.28. The van der Waals surface area contributed by atoms with Gasteiger partial charge in [-0.3, -0.25) is 4.79 Å². The highest BCUT2D eigenvalue weighted by Crippen LogP contribution is 2.17. The Bertz CT molecular complexity index is 432. The van der Waals surface area contributed by atoms with Gasteiger partial charge in [-0.2, -0.15) is 0 Å². The lowest BCUT2D eigenvalue weighted by Crippen LogP contribution is -2.46. The van der Waals surface area contributed by atoms with E-state index in [2.05, 4.69) is 5.32 Å². The Balaban J connectivity index is 2.87. The summed E-state index contributed by atoms with van der Waals surface area (Å²) in [6, 6.07) is 5.23. The Kier molecular flexibility index (Phi) is 4.73. The van der Waals surface area contributed by atoms with Crippen molar-refractivity contribution >= 4 is 11.6 Å². The van der Waals surface area contributed by atoms with E-state index in [-0.39, 0.29) is 18.1 Å². The predicted octanol–water partition coefficient (Wildman–Crippen LogP) is 1.86. The molecule has 0 fully saturated rings. The van der Waals surface area contributed by atoms with E-state index in [1.54, 1.807) is 18.2 Å². The lowest BCUT2D eigenvalue weighted by molar-refractivity contribution is 0.0885. The van der Waals surface area contributed by atoms with Crippen LogP contribution in [0.3, 0.4) is 0 Å². The maximum Gasteiger partial charge on any atom is 0.251 e. The smallest absolute Gasteiger partial charge is 0.251 e. The number of nitrogens with two attached hydrogens (primary N) is 1. The van der Waals surface area contributed by atoms with Gasteiger partial charge in [0, 0.05) is 23.4 Å². The number of aliphatic hydroxyl groups excluding tert-OH is 1. The number of hydrogen-bond donors (Lipinski definition) is 3. The fourth-order valence-corrected chi connectivity index (χ4v) is 1.86. The number of rotatable bonds is 5. The van der Waals surface area contributed by atoms with Crippen LogP contribution in [-0.4, -0.2) is 23.2 Å². The molecule has 1 atom stereocenters. The molecule has 4 N–H and O–H groups in total. The van der Waals surface area contributed by atoms with Gasteiger partial charge in [0.2, 0.25) is 0 Å². The lowest BCUT2D eigenvalue weighted by atomic mass is 9.94. The van der Waals surface area contributed by atoms with Gasteiger partial charge in [0.25, 0.3) is 5.91 Å². The third kappa shape index (κ3) is 3.47. The van der Waals surface area contributed by atoms with Crippen LogP contribution in [0.25, 0.3) is 0 Å². The van der Waals surface area contributed by atoms with Gasteiger partial charge >= 0.3 is 0 Å². The number of amides is 1. The fourth-order valence-electron chi connectivity index (χ4n) is 1.86. The van der Waals surface area contributed by atoms with E-state index in [4.69, 9.17) is 10.8 Å². The summed E-state index contributed by atoms with van der Waals surface area (Å²) in [7, 11) is 0. The van der Waals surface area contributed by atoms with Crippen LogP contribution in [0.2, 0.25) is 0 Å². The van der Waals surface area contributed by atoms with Gasteiger partial charge in [-0.25, -0.2) is 0 Å². The summed E-state index contributed by atoms with van der Waals surface area (Å²) in [5.41, 5.74) is 7.42. The molecule has 0 aromatic heterocycles. The van der Waals surface area contributed by atoms with Crippen LogP contribution in [0.1, 0.15) is 42.6 Å². The maximum atomic E-state index is 12.2. The molecule has 0 saturated carbocycles.